The van der Waals surface area contributed by atoms with Crippen LogP contribution in [0.4, 0.5) is 11.0 Å². The van der Waals surface area contributed by atoms with Gasteiger partial charge in [0.15, 0.2) is 5.76 Å². The number of nitro groups is 1. The number of halogens is 1. The van der Waals surface area contributed by atoms with Crippen molar-refractivity contribution in [2.45, 2.75) is 18.7 Å². The zero-order chi connectivity index (χ0) is 26.7. The summed E-state index contributed by atoms with van der Waals surface area (Å²) in [6.45, 7) is 4.14. The minimum absolute atomic E-state index is 0.0639. The smallest absolute Gasteiger partial charge is 0.400 e. The molecule has 0 atom stereocenters. The molecule has 2 aromatic heterocycles. The predicted octanol–water partition coefficient (Wildman–Crippen LogP) is 5.27. The highest BCUT2D eigenvalue weighted by atomic mass is 79.9. The molecule has 0 saturated heterocycles. The summed E-state index contributed by atoms with van der Waals surface area (Å²) in [5, 5.41) is 16.4. The van der Waals surface area contributed by atoms with Crippen molar-refractivity contribution in [1.82, 2.24) is 9.29 Å². The third-order valence-electron chi connectivity index (χ3n) is 5.25. The van der Waals surface area contributed by atoms with Crippen molar-refractivity contribution in [2.24, 2.45) is 5.10 Å². The molecule has 0 N–H and O–H groups in total. The Morgan fingerprint density at radius 1 is 1.16 bits per heavy atom. The van der Waals surface area contributed by atoms with E-state index in [-0.39, 0.29) is 21.4 Å². The van der Waals surface area contributed by atoms with Crippen LogP contribution in [0.1, 0.15) is 30.0 Å². The minimum Gasteiger partial charge on any atom is -0.400 e. The van der Waals surface area contributed by atoms with Gasteiger partial charge in [0, 0.05) is 23.1 Å². The fourth-order valence-electron chi connectivity index (χ4n) is 3.39. The highest BCUT2D eigenvalue weighted by Gasteiger charge is 2.25. The molecule has 0 fully saturated rings. The third-order valence-corrected chi connectivity index (χ3v) is 8.80. The van der Waals surface area contributed by atoms with Crippen LogP contribution in [0.25, 0.3) is 10.2 Å². The number of hydrogen-bond donors (Lipinski definition) is 0. The first-order valence-electron chi connectivity index (χ1n) is 10.9. The van der Waals surface area contributed by atoms with Crippen LogP contribution in [0.15, 0.2) is 73.5 Å². The lowest BCUT2D eigenvalue weighted by molar-refractivity contribution is -0.402. The van der Waals surface area contributed by atoms with E-state index in [9.17, 15) is 23.3 Å². The molecule has 11 nitrogen and oxygen atoms in total. The van der Waals surface area contributed by atoms with Crippen LogP contribution in [0.5, 0.6) is 0 Å². The Kier molecular flexibility index (Phi) is 7.82. The SMILES string of the molecule is CCN(CC)S(=O)(=O)c1ccc(C(=O)N(/N=C/c2ccc([N+](=O)[O-])o2)c2nc3ccc(Br)cc3s2)cc1. The van der Waals surface area contributed by atoms with Gasteiger partial charge in [-0.2, -0.15) is 14.4 Å². The van der Waals surface area contributed by atoms with Gasteiger partial charge < -0.3 is 4.42 Å². The van der Waals surface area contributed by atoms with Crippen molar-refractivity contribution in [1.29, 1.82) is 0 Å². The summed E-state index contributed by atoms with van der Waals surface area (Å²) in [5.74, 6) is -0.981. The Bertz CT molecular complexity index is 1590. The molecule has 1 amide bonds. The van der Waals surface area contributed by atoms with E-state index < -0.39 is 26.7 Å². The van der Waals surface area contributed by atoms with Crippen molar-refractivity contribution < 1.29 is 22.6 Å². The van der Waals surface area contributed by atoms with Crippen molar-refractivity contribution >= 4 is 70.6 Å². The second-order valence-electron chi connectivity index (χ2n) is 7.52. The Balaban J connectivity index is 1.71. The van der Waals surface area contributed by atoms with Gasteiger partial charge in [0.1, 0.15) is 4.92 Å². The summed E-state index contributed by atoms with van der Waals surface area (Å²) in [6.07, 6.45) is 1.17. The molecule has 4 rings (SSSR count). The average Bonchev–Trinajstić information content (AvgIpc) is 3.52. The third kappa shape index (κ3) is 5.61. The molecular formula is C23H20BrN5O6S2. The van der Waals surface area contributed by atoms with Crippen LogP contribution >= 0.6 is 27.3 Å². The summed E-state index contributed by atoms with van der Waals surface area (Å²) in [4.78, 5) is 28.3. The van der Waals surface area contributed by atoms with Crippen molar-refractivity contribution in [3.05, 3.63) is 80.5 Å². The fraction of sp³-hybridized carbons (Fsp3) is 0.174. The second kappa shape index (κ2) is 10.9. The number of hydrogen-bond acceptors (Lipinski definition) is 9. The van der Waals surface area contributed by atoms with E-state index in [0.717, 1.165) is 14.2 Å². The number of benzene rings is 2. The summed E-state index contributed by atoms with van der Waals surface area (Å²) in [5.41, 5.74) is 0.812. The van der Waals surface area contributed by atoms with E-state index in [1.165, 1.54) is 58.3 Å². The van der Waals surface area contributed by atoms with Gasteiger partial charge in [0.05, 0.1) is 27.4 Å². The molecule has 0 spiro atoms. The lowest BCUT2D eigenvalue weighted by atomic mass is 10.2. The Morgan fingerprint density at radius 3 is 2.49 bits per heavy atom. The van der Waals surface area contributed by atoms with E-state index in [0.29, 0.717) is 18.6 Å². The van der Waals surface area contributed by atoms with Crippen LogP contribution in [-0.4, -0.2) is 47.8 Å². The van der Waals surface area contributed by atoms with Gasteiger partial charge >= 0.3 is 5.88 Å². The molecule has 0 saturated carbocycles. The molecule has 0 aliphatic heterocycles. The lowest BCUT2D eigenvalue weighted by Gasteiger charge is -2.19. The number of amides is 1. The number of carbonyl (C=O) groups is 1. The summed E-state index contributed by atoms with van der Waals surface area (Å²) >= 11 is 4.63. The predicted molar refractivity (Wildman–Crippen MR) is 144 cm³/mol. The maximum Gasteiger partial charge on any atom is 0.433 e. The molecule has 0 aliphatic carbocycles. The van der Waals surface area contributed by atoms with Crippen molar-refractivity contribution in [2.75, 3.05) is 18.1 Å². The number of aromatic nitrogens is 1. The largest absolute Gasteiger partial charge is 0.433 e. The molecule has 0 aliphatic rings. The van der Waals surface area contributed by atoms with E-state index in [1.807, 2.05) is 12.1 Å². The maximum absolute atomic E-state index is 13.5. The van der Waals surface area contributed by atoms with E-state index in [2.05, 4.69) is 26.0 Å². The standard InChI is InChI=1S/C23H20BrN5O6S2/c1-3-27(4-2)37(33,34)18-9-5-15(6-10-18)22(30)28(25-14-17-8-12-21(35-17)29(31)32)23-26-19-11-7-16(24)13-20(19)36-23/h5-14H,3-4H2,1-2H3/b25-14+. The van der Waals surface area contributed by atoms with Crippen LogP contribution in [-0.2, 0) is 10.0 Å². The van der Waals surface area contributed by atoms with Gasteiger partial charge in [-0.05, 0) is 48.5 Å². The van der Waals surface area contributed by atoms with E-state index in [1.54, 1.807) is 19.9 Å². The summed E-state index contributed by atoms with van der Waals surface area (Å²) in [6, 6.07) is 13.5. The number of anilines is 1. The topological polar surface area (TPSA) is 139 Å². The number of thiazole rings is 1. The molecular weight excluding hydrogens is 586 g/mol. The van der Waals surface area contributed by atoms with Gasteiger partial charge in [-0.15, -0.1) is 0 Å². The maximum atomic E-state index is 13.5. The summed E-state index contributed by atoms with van der Waals surface area (Å²) < 4.78 is 33.7. The normalized spacial score (nSPS) is 12.0. The monoisotopic (exact) mass is 605 g/mol. The number of rotatable bonds is 9. The first-order chi connectivity index (χ1) is 17.6. The quantitative estimate of drug-likeness (QED) is 0.144. The molecule has 2 aromatic carbocycles. The van der Waals surface area contributed by atoms with Gasteiger partial charge in [-0.1, -0.05) is 41.1 Å². The number of carbonyl (C=O) groups excluding carboxylic acids is 1. The highest BCUT2D eigenvalue weighted by Crippen LogP contribution is 2.32. The van der Waals surface area contributed by atoms with Crippen molar-refractivity contribution in [3.8, 4) is 0 Å². The van der Waals surface area contributed by atoms with Gasteiger partial charge in [0.25, 0.3) is 5.91 Å². The first-order valence-corrected chi connectivity index (χ1v) is 14.0. The van der Waals surface area contributed by atoms with Gasteiger partial charge in [-0.3, -0.25) is 14.9 Å². The van der Waals surface area contributed by atoms with Crippen LogP contribution < -0.4 is 5.01 Å². The fourth-order valence-corrected chi connectivity index (χ4v) is 6.33. The molecule has 0 radical (unpaired) electrons. The molecule has 192 valence electrons. The molecule has 2 heterocycles. The molecule has 37 heavy (non-hydrogen) atoms. The number of hydrazone groups is 1. The molecule has 4 aromatic rings. The van der Waals surface area contributed by atoms with Crippen LogP contribution in [0.2, 0.25) is 0 Å². The van der Waals surface area contributed by atoms with Crippen molar-refractivity contribution in [3.63, 3.8) is 0 Å². The van der Waals surface area contributed by atoms with Crippen LogP contribution in [0.3, 0.4) is 0 Å². The minimum atomic E-state index is -3.69. The van der Waals surface area contributed by atoms with E-state index in [4.69, 9.17) is 4.42 Å². The molecule has 0 unspecified atom stereocenters. The number of sulfonamides is 1. The zero-order valence-electron chi connectivity index (χ0n) is 19.6. The number of furan rings is 1. The second-order valence-corrected chi connectivity index (χ2v) is 11.4. The average molecular weight is 606 g/mol. The number of fused-ring (bicyclic) bond motifs is 1. The lowest BCUT2D eigenvalue weighted by Crippen LogP contribution is -2.30. The Morgan fingerprint density at radius 2 is 1.86 bits per heavy atom. The van der Waals surface area contributed by atoms with Gasteiger partial charge in [-0.25, -0.2) is 13.4 Å². The molecule has 14 heteroatoms. The Hall–Kier alpha value is -3.46. The van der Waals surface area contributed by atoms with E-state index >= 15 is 0 Å². The first kappa shape index (κ1) is 26.6. The number of nitrogens with zero attached hydrogens (tertiary/aromatic N) is 5. The highest BCUT2D eigenvalue weighted by molar-refractivity contribution is 9.10. The van der Waals surface area contributed by atoms with Crippen LogP contribution in [0, 0.1) is 10.1 Å². The van der Waals surface area contributed by atoms with Gasteiger partial charge in [0.2, 0.25) is 15.2 Å². The summed E-state index contributed by atoms with van der Waals surface area (Å²) in [7, 11) is -3.69. The zero-order valence-corrected chi connectivity index (χ0v) is 22.8. The Labute approximate surface area is 224 Å². The molecule has 0 bridgehead atoms.